The molecule has 1 aliphatic carbocycles. The van der Waals surface area contributed by atoms with Gasteiger partial charge in [-0.2, -0.15) is 4.68 Å². The summed E-state index contributed by atoms with van der Waals surface area (Å²) in [5.41, 5.74) is 2.59. The molecule has 10 heteroatoms. The van der Waals surface area contributed by atoms with Gasteiger partial charge in [0.15, 0.2) is 17.3 Å². The Morgan fingerprint density at radius 2 is 2.00 bits per heavy atom. The predicted molar refractivity (Wildman–Crippen MR) is 128 cm³/mol. The maximum atomic E-state index is 5.78. The minimum absolute atomic E-state index is 0.339. The fraction of sp³-hybridized carbons (Fsp3) is 0.520. The van der Waals surface area contributed by atoms with Crippen molar-refractivity contribution in [3.8, 4) is 23.1 Å². The number of tetrazole rings is 1. The zero-order valence-electron chi connectivity index (χ0n) is 20.4. The van der Waals surface area contributed by atoms with Crippen LogP contribution < -0.4 is 19.5 Å². The number of ether oxygens (including phenoxy) is 4. The molecule has 1 fully saturated rings. The third kappa shape index (κ3) is 5.23. The summed E-state index contributed by atoms with van der Waals surface area (Å²) in [6.07, 6.45) is 5.39. The highest BCUT2D eigenvalue weighted by atomic mass is 16.6. The molecule has 1 aromatic carbocycles. The van der Waals surface area contributed by atoms with Gasteiger partial charge in [-0.1, -0.05) is 6.92 Å². The van der Waals surface area contributed by atoms with Gasteiger partial charge in [0.1, 0.15) is 19.3 Å². The molecule has 1 unspecified atom stereocenters. The fourth-order valence-corrected chi connectivity index (χ4v) is 4.61. The number of hydrogen-bond acceptors (Lipinski definition) is 9. The molecule has 1 N–H and O–H groups in total. The second-order valence-corrected chi connectivity index (χ2v) is 9.15. The minimum Gasteiger partial charge on any atom is -0.486 e. The number of methoxy groups -OCH3 is 2. The molecule has 2 aromatic heterocycles. The Labute approximate surface area is 204 Å². The largest absolute Gasteiger partial charge is 0.486 e. The molecule has 186 valence electrons. The van der Waals surface area contributed by atoms with Crippen LogP contribution in [-0.4, -0.2) is 59.2 Å². The highest BCUT2D eigenvalue weighted by molar-refractivity contribution is 5.50. The second kappa shape index (κ2) is 10.6. The Morgan fingerprint density at radius 3 is 2.77 bits per heavy atom. The highest BCUT2D eigenvalue weighted by Gasteiger charge is 2.32. The number of hydrogen-bond donors (Lipinski definition) is 1. The zero-order chi connectivity index (χ0) is 24.2. The fourth-order valence-electron chi connectivity index (χ4n) is 4.61. The Kier molecular flexibility index (Phi) is 7.10. The van der Waals surface area contributed by atoms with Crippen LogP contribution >= 0.6 is 0 Å². The highest BCUT2D eigenvalue weighted by Crippen LogP contribution is 2.41. The molecule has 3 atom stereocenters. The lowest BCUT2D eigenvalue weighted by Gasteiger charge is -2.22. The molecular formula is C25H32N6O4. The van der Waals surface area contributed by atoms with E-state index < -0.39 is 0 Å². The van der Waals surface area contributed by atoms with Crippen LogP contribution in [0.15, 0.2) is 30.5 Å². The number of nitrogens with one attached hydrogen (secondary N) is 1. The minimum atomic E-state index is -0.339. The van der Waals surface area contributed by atoms with E-state index in [1.807, 2.05) is 24.3 Å². The SMILES string of the molecule is COCc1cnc(OC)c(C(NCCC[C@@H]2C[C@H]2C)c2nnnn2-c2ccc3c(c2)OCCO3)c1. The number of fused-ring (bicyclic) bond motifs is 1. The van der Waals surface area contributed by atoms with Gasteiger partial charge in [-0.05, 0) is 71.8 Å². The normalized spacial score (nSPS) is 19.4. The van der Waals surface area contributed by atoms with E-state index in [4.69, 9.17) is 18.9 Å². The molecule has 1 saturated carbocycles. The average Bonchev–Trinajstić information content (AvgIpc) is 3.37. The van der Waals surface area contributed by atoms with Crippen LogP contribution in [0.3, 0.4) is 0 Å². The van der Waals surface area contributed by atoms with Gasteiger partial charge in [-0.3, -0.25) is 0 Å². The Hall–Kier alpha value is -3.24. The molecule has 5 rings (SSSR count). The van der Waals surface area contributed by atoms with Crippen LogP contribution in [0.5, 0.6) is 17.4 Å². The molecule has 3 heterocycles. The van der Waals surface area contributed by atoms with Gasteiger partial charge in [-0.15, -0.1) is 5.10 Å². The average molecular weight is 481 g/mol. The van der Waals surface area contributed by atoms with Gasteiger partial charge in [0.05, 0.1) is 19.4 Å². The smallest absolute Gasteiger partial charge is 0.218 e. The summed E-state index contributed by atoms with van der Waals surface area (Å²) in [6, 6.07) is 7.41. The lowest BCUT2D eigenvalue weighted by atomic mass is 10.0. The second-order valence-electron chi connectivity index (χ2n) is 9.15. The molecule has 0 spiro atoms. The molecule has 0 bridgehead atoms. The van der Waals surface area contributed by atoms with E-state index in [0.29, 0.717) is 37.3 Å². The number of rotatable bonds is 11. The van der Waals surface area contributed by atoms with Gasteiger partial charge in [-0.25, -0.2) is 4.98 Å². The summed E-state index contributed by atoms with van der Waals surface area (Å²) in [7, 11) is 3.29. The Bertz CT molecular complexity index is 1150. The van der Waals surface area contributed by atoms with Crippen LogP contribution in [0, 0.1) is 11.8 Å². The number of pyridine rings is 1. The molecular weight excluding hydrogens is 448 g/mol. The summed E-state index contributed by atoms with van der Waals surface area (Å²) >= 11 is 0. The quantitative estimate of drug-likeness (QED) is 0.414. The predicted octanol–water partition coefficient (Wildman–Crippen LogP) is 3.10. The van der Waals surface area contributed by atoms with E-state index in [1.54, 1.807) is 25.1 Å². The van der Waals surface area contributed by atoms with E-state index in [-0.39, 0.29) is 6.04 Å². The van der Waals surface area contributed by atoms with Crippen molar-refractivity contribution in [2.24, 2.45) is 11.8 Å². The third-order valence-electron chi connectivity index (χ3n) is 6.65. The maximum absolute atomic E-state index is 5.78. The molecule has 3 aromatic rings. The number of benzene rings is 1. The van der Waals surface area contributed by atoms with Crippen molar-refractivity contribution in [2.45, 2.75) is 38.8 Å². The molecule has 0 radical (unpaired) electrons. The third-order valence-corrected chi connectivity index (χ3v) is 6.65. The molecule has 0 saturated heterocycles. The zero-order valence-corrected chi connectivity index (χ0v) is 20.4. The van der Waals surface area contributed by atoms with Gasteiger partial charge in [0, 0.05) is 24.9 Å². The summed E-state index contributed by atoms with van der Waals surface area (Å²) in [5.74, 6) is 4.25. The van der Waals surface area contributed by atoms with Gasteiger partial charge < -0.3 is 24.3 Å². The first-order chi connectivity index (χ1) is 17.2. The van der Waals surface area contributed by atoms with Crippen molar-refractivity contribution >= 4 is 0 Å². The maximum Gasteiger partial charge on any atom is 0.218 e. The number of nitrogens with zero attached hydrogens (tertiary/aromatic N) is 5. The molecule has 1 aliphatic heterocycles. The molecule has 0 amide bonds. The molecule has 10 nitrogen and oxygen atoms in total. The van der Waals surface area contributed by atoms with Crippen LogP contribution in [0.2, 0.25) is 0 Å². The lowest BCUT2D eigenvalue weighted by molar-refractivity contribution is 0.171. The molecule has 2 aliphatic rings. The van der Waals surface area contributed by atoms with Gasteiger partial charge >= 0.3 is 0 Å². The number of aromatic nitrogens is 5. The first kappa shape index (κ1) is 23.5. The Balaban J connectivity index is 1.48. The summed E-state index contributed by atoms with van der Waals surface area (Å²) in [6.45, 7) is 4.64. The van der Waals surface area contributed by atoms with Crippen molar-refractivity contribution in [3.05, 3.63) is 47.4 Å². The topological polar surface area (TPSA) is 105 Å². The van der Waals surface area contributed by atoms with Crippen LogP contribution in [0.4, 0.5) is 0 Å². The van der Waals surface area contributed by atoms with Crippen molar-refractivity contribution in [1.29, 1.82) is 0 Å². The van der Waals surface area contributed by atoms with Gasteiger partial charge in [0.25, 0.3) is 0 Å². The lowest BCUT2D eigenvalue weighted by Crippen LogP contribution is -2.27. The van der Waals surface area contributed by atoms with Crippen LogP contribution in [0.25, 0.3) is 5.69 Å². The van der Waals surface area contributed by atoms with Crippen molar-refractivity contribution < 1.29 is 18.9 Å². The summed E-state index contributed by atoms with van der Waals surface area (Å²) in [4.78, 5) is 4.53. The molecule has 35 heavy (non-hydrogen) atoms. The monoisotopic (exact) mass is 480 g/mol. The first-order valence-corrected chi connectivity index (χ1v) is 12.1. The summed E-state index contributed by atoms with van der Waals surface area (Å²) < 4.78 is 24.2. The van der Waals surface area contributed by atoms with E-state index in [1.165, 1.54) is 12.8 Å². The first-order valence-electron chi connectivity index (χ1n) is 12.1. The van der Waals surface area contributed by atoms with Crippen LogP contribution in [-0.2, 0) is 11.3 Å². The van der Waals surface area contributed by atoms with Crippen molar-refractivity contribution in [2.75, 3.05) is 34.0 Å². The van der Waals surface area contributed by atoms with Crippen LogP contribution in [0.1, 0.15) is 49.2 Å². The van der Waals surface area contributed by atoms with Crippen molar-refractivity contribution in [1.82, 2.24) is 30.5 Å². The summed E-state index contributed by atoms with van der Waals surface area (Å²) in [5, 5.41) is 16.4. The van der Waals surface area contributed by atoms with Gasteiger partial charge in [0.2, 0.25) is 5.88 Å². The van der Waals surface area contributed by atoms with Crippen molar-refractivity contribution in [3.63, 3.8) is 0 Å². The Morgan fingerprint density at radius 1 is 1.17 bits per heavy atom. The standard InChI is InChI=1S/C25H32N6O4/c1-16-11-18(16)5-4-8-26-23(20-12-17(15-32-2)14-27-25(20)33-3)24-28-29-30-31(24)19-6-7-21-22(13-19)35-10-9-34-21/h6-7,12-14,16,18,23,26H,4-5,8-11,15H2,1-3H3/t16-,18-,23?/m1/s1. The van der Waals surface area contributed by atoms with E-state index in [9.17, 15) is 0 Å². The van der Waals surface area contributed by atoms with E-state index in [0.717, 1.165) is 47.4 Å². The van der Waals surface area contributed by atoms with E-state index in [2.05, 4.69) is 32.7 Å². The van der Waals surface area contributed by atoms with E-state index >= 15 is 0 Å².